The number of nitrogens with zero attached hydrogens (tertiary/aromatic N) is 2. The van der Waals surface area contributed by atoms with Crippen LogP contribution in [-0.4, -0.2) is 48.5 Å². The van der Waals surface area contributed by atoms with Crippen LogP contribution in [0.4, 0.5) is 16.2 Å². The van der Waals surface area contributed by atoms with Gasteiger partial charge in [-0.3, -0.25) is 14.6 Å². The summed E-state index contributed by atoms with van der Waals surface area (Å²) in [5.41, 5.74) is 23.8. The number of benzene rings is 3. The van der Waals surface area contributed by atoms with E-state index in [4.69, 9.17) is 32.1 Å². The Kier molecular flexibility index (Phi) is 12.1. The van der Waals surface area contributed by atoms with Crippen LogP contribution < -0.4 is 44.5 Å². The topological polar surface area (TPSA) is 256 Å². The van der Waals surface area contributed by atoms with E-state index in [2.05, 4.69) is 25.9 Å². The first-order chi connectivity index (χ1) is 23.0. The molecule has 15 heteroatoms. The molecule has 3 amide bonds. The number of anilines is 1. The lowest BCUT2D eigenvalue weighted by molar-refractivity contribution is -0.128. The third-order valence-corrected chi connectivity index (χ3v) is 6.92. The predicted octanol–water partition coefficient (Wildman–Crippen LogP) is 1.71. The highest BCUT2D eigenvalue weighted by atomic mass is 16.5. The standard InChI is InChI=1S/C33H37N9O6/c34-31(35)38-16-4-7-25(29(44)39-24-14-10-22-11-15-28(43)48-27(22)18-24)41-30(45)26(17-20-8-12-23(13-9-20)40-32(36)37)42-33(46)47-19-21-5-2-1-3-6-21/h1-3,5-6,8-15,18,25-26H,4,7,16-17,19H2,(H,39,44)(H,41,45)(H,42,46)(H4,34,35,38)(H4,36,37,40)/t25-,26-/m0/s1. The number of amides is 3. The SMILES string of the molecule is NC(N)=NCCC[C@H](NC(=O)[C@H](Cc1ccc(N=C(N)N)cc1)NC(=O)OCc1ccccc1)C(=O)Nc1ccc2ccc(=O)oc2c1. The van der Waals surface area contributed by atoms with Gasteiger partial charge in [-0.2, -0.15) is 0 Å². The van der Waals surface area contributed by atoms with E-state index in [1.807, 2.05) is 18.2 Å². The Morgan fingerprint density at radius 2 is 1.52 bits per heavy atom. The van der Waals surface area contributed by atoms with Crippen LogP contribution in [-0.2, 0) is 27.4 Å². The molecule has 0 saturated heterocycles. The van der Waals surface area contributed by atoms with Gasteiger partial charge in [0.25, 0.3) is 0 Å². The Morgan fingerprint density at radius 3 is 2.23 bits per heavy atom. The molecule has 0 aliphatic carbocycles. The Bertz CT molecular complexity index is 1830. The molecule has 0 spiro atoms. The van der Waals surface area contributed by atoms with Crippen LogP contribution in [0.3, 0.4) is 0 Å². The van der Waals surface area contributed by atoms with Gasteiger partial charge in [0.15, 0.2) is 11.9 Å². The van der Waals surface area contributed by atoms with Gasteiger partial charge in [-0.25, -0.2) is 14.6 Å². The van der Waals surface area contributed by atoms with E-state index in [1.54, 1.807) is 54.6 Å². The van der Waals surface area contributed by atoms with Crippen molar-refractivity contribution in [3.05, 3.63) is 106 Å². The smallest absolute Gasteiger partial charge is 0.408 e. The molecule has 15 nitrogen and oxygen atoms in total. The Labute approximate surface area is 275 Å². The quantitative estimate of drug-likeness (QED) is 0.0448. The van der Waals surface area contributed by atoms with Crippen molar-refractivity contribution in [2.24, 2.45) is 32.9 Å². The second-order valence-electron chi connectivity index (χ2n) is 10.7. The fraction of sp³-hybridized carbons (Fsp3) is 0.212. The molecular formula is C33H37N9O6. The highest BCUT2D eigenvalue weighted by molar-refractivity contribution is 5.99. The van der Waals surface area contributed by atoms with Crippen molar-refractivity contribution < 1.29 is 23.5 Å². The van der Waals surface area contributed by atoms with Gasteiger partial charge >= 0.3 is 11.7 Å². The molecule has 2 atom stereocenters. The zero-order valence-electron chi connectivity index (χ0n) is 25.9. The molecule has 0 fully saturated rings. The fourth-order valence-corrected chi connectivity index (χ4v) is 4.62. The lowest BCUT2D eigenvalue weighted by Gasteiger charge is -2.23. The summed E-state index contributed by atoms with van der Waals surface area (Å²) >= 11 is 0. The number of nitrogens with two attached hydrogens (primary N) is 4. The van der Waals surface area contributed by atoms with Gasteiger partial charge in [-0.15, -0.1) is 0 Å². The Hall–Kier alpha value is -6.38. The van der Waals surface area contributed by atoms with Crippen LogP contribution in [0.5, 0.6) is 0 Å². The molecule has 3 aromatic carbocycles. The second-order valence-corrected chi connectivity index (χ2v) is 10.7. The average Bonchev–Trinajstić information content (AvgIpc) is 3.05. The van der Waals surface area contributed by atoms with Crippen LogP contribution in [0.25, 0.3) is 11.0 Å². The molecule has 0 aliphatic rings. The number of hydrogen-bond acceptors (Lipinski definition) is 8. The summed E-state index contributed by atoms with van der Waals surface area (Å²) in [4.78, 5) is 59.8. The minimum Gasteiger partial charge on any atom is -0.445 e. The van der Waals surface area contributed by atoms with Gasteiger partial charge in [0, 0.05) is 36.2 Å². The number of guanidine groups is 2. The number of carbonyl (C=O) groups is 3. The lowest BCUT2D eigenvalue weighted by Crippen LogP contribution is -2.53. The van der Waals surface area contributed by atoms with E-state index in [1.165, 1.54) is 12.1 Å². The maximum absolute atomic E-state index is 13.8. The third-order valence-electron chi connectivity index (χ3n) is 6.92. The predicted molar refractivity (Wildman–Crippen MR) is 182 cm³/mol. The first-order valence-electron chi connectivity index (χ1n) is 14.9. The number of rotatable bonds is 14. The molecule has 0 unspecified atom stereocenters. The van der Waals surface area contributed by atoms with Crippen LogP contribution in [0.1, 0.15) is 24.0 Å². The maximum atomic E-state index is 13.8. The molecule has 0 aliphatic heterocycles. The van der Waals surface area contributed by atoms with E-state index in [-0.39, 0.29) is 43.5 Å². The summed E-state index contributed by atoms with van der Waals surface area (Å²) in [6.07, 6.45) is -0.301. The summed E-state index contributed by atoms with van der Waals surface area (Å²) in [5, 5.41) is 8.78. The number of alkyl carbamates (subject to hydrolysis) is 1. The van der Waals surface area contributed by atoms with Crippen molar-refractivity contribution in [1.82, 2.24) is 10.6 Å². The lowest BCUT2D eigenvalue weighted by atomic mass is 10.0. The van der Waals surface area contributed by atoms with Crippen molar-refractivity contribution >= 4 is 52.2 Å². The van der Waals surface area contributed by atoms with E-state index >= 15 is 0 Å². The largest absolute Gasteiger partial charge is 0.445 e. The maximum Gasteiger partial charge on any atom is 0.408 e. The van der Waals surface area contributed by atoms with Gasteiger partial charge in [-0.1, -0.05) is 42.5 Å². The van der Waals surface area contributed by atoms with Gasteiger partial charge in [0.05, 0.1) is 5.69 Å². The van der Waals surface area contributed by atoms with Gasteiger partial charge in [-0.05, 0) is 54.3 Å². The number of nitrogens with one attached hydrogen (secondary N) is 3. The van der Waals surface area contributed by atoms with Gasteiger partial charge in [0.2, 0.25) is 11.8 Å². The molecule has 0 saturated carbocycles. The van der Waals surface area contributed by atoms with Crippen LogP contribution in [0.15, 0.2) is 104 Å². The summed E-state index contributed by atoms with van der Waals surface area (Å²) in [5.74, 6) is -1.42. The minimum atomic E-state index is -1.15. The molecule has 0 bridgehead atoms. The molecule has 48 heavy (non-hydrogen) atoms. The Balaban J connectivity index is 1.53. The highest BCUT2D eigenvalue weighted by Crippen LogP contribution is 2.19. The van der Waals surface area contributed by atoms with E-state index in [9.17, 15) is 19.2 Å². The van der Waals surface area contributed by atoms with E-state index < -0.39 is 35.6 Å². The summed E-state index contributed by atoms with van der Waals surface area (Å²) in [6, 6.07) is 21.3. The molecule has 1 heterocycles. The average molecular weight is 656 g/mol. The number of hydrogen-bond donors (Lipinski definition) is 7. The van der Waals surface area contributed by atoms with Crippen molar-refractivity contribution in [2.45, 2.75) is 38.0 Å². The molecule has 4 aromatic rings. The normalized spacial score (nSPS) is 11.8. The van der Waals surface area contributed by atoms with Crippen molar-refractivity contribution in [1.29, 1.82) is 0 Å². The van der Waals surface area contributed by atoms with E-state index in [0.29, 0.717) is 28.7 Å². The molecular weight excluding hydrogens is 618 g/mol. The number of carbonyl (C=O) groups excluding carboxylic acids is 3. The van der Waals surface area contributed by atoms with Gasteiger partial charge in [0.1, 0.15) is 24.3 Å². The molecule has 1 aromatic heterocycles. The summed E-state index contributed by atoms with van der Waals surface area (Å²) < 4.78 is 10.6. The van der Waals surface area contributed by atoms with Crippen LogP contribution in [0, 0.1) is 0 Å². The first kappa shape index (κ1) is 34.5. The molecule has 250 valence electrons. The number of ether oxygens (including phenoxy) is 1. The number of fused-ring (bicyclic) bond motifs is 1. The van der Waals surface area contributed by atoms with E-state index in [0.717, 1.165) is 5.56 Å². The zero-order chi connectivity index (χ0) is 34.5. The van der Waals surface area contributed by atoms with Crippen molar-refractivity contribution in [3.8, 4) is 0 Å². The van der Waals surface area contributed by atoms with Crippen molar-refractivity contribution in [3.63, 3.8) is 0 Å². The third kappa shape index (κ3) is 10.9. The molecule has 11 N–H and O–H groups in total. The fourth-order valence-electron chi connectivity index (χ4n) is 4.62. The Morgan fingerprint density at radius 1 is 0.792 bits per heavy atom. The van der Waals surface area contributed by atoms with Crippen LogP contribution in [0.2, 0.25) is 0 Å². The zero-order valence-corrected chi connectivity index (χ0v) is 25.9. The minimum absolute atomic E-state index is 0.0179. The van der Waals surface area contributed by atoms with Crippen LogP contribution >= 0.6 is 0 Å². The highest BCUT2D eigenvalue weighted by Gasteiger charge is 2.28. The van der Waals surface area contributed by atoms with Crippen molar-refractivity contribution in [2.75, 3.05) is 11.9 Å². The molecule has 4 rings (SSSR count). The monoisotopic (exact) mass is 655 g/mol. The first-order valence-corrected chi connectivity index (χ1v) is 14.9. The number of aliphatic imine (C=N–C) groups is 2. The summed E-state index contributed by atoms with van der Waals surface area (Å²) in [6.45, 7) is 0.189. The second kappa shape index (κ2) is 16.8. The summed E-state index contributed by atoms with van der Waals surface area (Å²) in [7, 11) is 0. The van der Waals surface area contributed by atoms with Gasteiger partial charge < -0.3 is 48.0 Å². The molecule has 0 radical (unpaired) electrons.